The Morgan fingerprint density at radius 2 is 2.06 bits per heavy atom. The van der Waals surface area contributed by atoms with E-state index in [9.17, 15) is 0 Å². The molecule has 1 aromatic rings. The summed E-state index contributed by atoms with van der Waals surface area (Å²) in [6, 6.07) is 0.231. The van der Waals surface area contributed by atoms with Gasteiger partial charge in [0.2, 0.25) is 11.2 Å². The second-order valence-electron chi connectivity index (χ2n) is 3.39. The van der Waals surface area contributed by atoms with Crippen LogP contribution in [0.4, 0.5) is 5.95 Å². The Labute approximate surface area is 111 Å². The second kappa shape index (κ2) is 8.36. The Hall–Kier alpha value is -0.750. The van der Waals surface area contributed by atoms with Crippen molar-refractivity contribution in [1.82, 2.24) is 15.0 Å². The molecular weight excluding hydrogens is 260 g/mol. The fourth-order valence-corrected chi connectivity index (χ4v) is 1.90. The SMILES string of the molecule is COc1nc(Cl)nc(NCCCCCSC)n1. The number of nitrogens with one attached hydrogen (secondary N) is 1. The molecule has 1 N–H and O–H groups in total. The highest BCUT2D eigenvalue weighted by Crippen LogP contribution is 2.11. The summed E-state index contributed by atoms with van der Waals surface area (Å²) >= 11 is 7.60. The summed E-state index contributed by atoms with van der Waals surface area (Å²) in [5, 5.41) is 3.24. The monoisotopic (exact) mass is 276 g/mol. The van der Waals surface area contributed by atoms with Gasteiger partial charge in [0.05, 0.1) is 7.11 Å². The average molecular weight is 277 g/mol. The molecule has 7 heteroatoms. The largest absolute Gasteiger partial charge is 0.467 e. The van der Waals surface area contributed by atoms with Gasteiger partial charge in [-0.15, -0.1) is 0 Å². The number of anilines is 1. The third kappa shape index (κ3) is 5.93. The maximum atomic E-state index is 5.73. The number of nitrogens with zero attached hydrogens (tertiary/aromatic N) is 3. The van der Waals surface area contributed by atoms with Crippen LogP contribution < -0.4 is 10.1 Å². The molecule has 0 amide bonds. The van der Waals surface area contributed by atoms with Gasteiger partial charge in [0.1, 0.15) is 0 Å². The lowest BCUT2D eigenvalue weighted by Gasteiger charge is -2.05. The van der Waals surface area contributed by atoms with Crippen LogP contribution in [0, 0.1) is 0 Å². The standard InChI is InChI=1S/C10H17ClN4OS/c1-16-10-14-8(11)13-9(15-10)12-6-4-3-5-7-17-2/h3-7H2,1-2H3,(H,12,13,14,15). The van der Waals surface area contributed by atoms with E-state index in [1.54, 1.807) is 0 Å². The van der Waals surface area contributed by atoms with Crippen molar-refractivity contribution in [3.8, 4) is 6.01 Å². The van der Waals surface area contributed by atoms with Crippen molar-refractivity contribution in [2.75, 3.05) is 31.0 Å². The molecule has 0 aliphatic carbocycles. The normalized spacial score (nSPS) is 10.3. The zero-order valence-corrected chi connectivity index (χ0v) is 11.6. The number of unbranched alkanes of at least 4 members (excludes halogenated alkanes) is 2. The van der Waals surface area contributed by atoms with Gasteiger partial charge < -0.3 is 10.1 Å². The summed E-state index contributed by atoms with van der Waals surface area (Å²) in [6.45, 7) is 0.831. The highest BCUT2D eigenvalue weighted by atomic mass is 35.5. The van der Waals surface area contributed by atoms with E-state index < -0.39 is 0 Å². The van der Waals surface area contributed by atoms with Crippen LogP contribution in [0.2, 0.25) is 5.28 Å². The van der Waals surface area contributed by atoms with E-state index in [1.165, 1.54) is 25.7 Å². The highest BCUT2D eigenvalue weighted by molar-refractivity contribution is 7.98. The lowest BCUT2D eigenvalue weighted by Crippen LogP contribution is -2.07. The Balaban J connectivity index is 2.28. The molecule has 0 unspecified atom stereocenters. The smallest absolute Gasteiger partial charge is 0.322 e. The molecule has 0 saturated carbocycles. The Bertz CT molecular complexity index is 340. The molecule has 0 spiro atoms. The van der Waals surface area contributed by atoms with Gasteiger partial charge in [-0.3, -0.25) is 0 Å². The minimum Gasteiger partial charge on any atom is -0.467 e. The highest BCUT2D eigenvalue weighted by Gasteiger charge is 2.03. The van der Waals surface area contributed by atoms with Crippen molar-refractivity contribution in [3.63, 3.8) is 0 Å². The number of aromatic nitrogens is 3. The molecule has 0 aromatic carbocycles. The molecule has 17 heavy (non-hydrogen) atoms. The van der Waals surface area contributed by atoms with Gasteiger partial charge in [0.15, 0.2) is 0 Å². The Kier molecular flexibility index (Phi) is 7.04. The van der Waals surface area contributed by atoms with Crippen molar-refractivity contribution in [2.45, 2.75) is 19.3 Å². The van der Waals surface area contributed by atoms with Crippen LogP contribution in [0.1, 0.15) is 19.3 Å². The Morgan fingerprint density at radius 3 is 2.76 bits per heavy atom. The van der Waals surface area contributed by atoms with Crippen LogP contribution in [-0.2, 0) is 0 Å². The number of rotatable bonds is 8. The first-order valence-electron chi connectivity index (χ1n) is 5.44. The van der Waals surface area contributed by atoms with Crippen molar-refractivity contribution in [3.05, 3.63) is 5.28 Å². The number of methoxy groups -OCH3 is 1. The quantitative estimate of drug-likeness (QED) is 0.736. The minimum absolute atomic E-state index is 0.140. The molecule has 0 radical (unpaired) electrons. The van der Waals surface area contributed by atoms with Gasteiger partial charge in [-0.1, -0.05) is 6.42 Å². The number of hydrogen-bond acceptors (Lipinski definition) is 6. The summed E-state index contributed by atoms with van der Waals surface area (Å²) in [6.07, 6.45) is 5.65. The molecule has 0 aliphatic heterocycles. The van der Waals surface area contributed by atoms with Crippen LogP contribution in [0.15, 0.2) is 0 Å². The molecule has 0 aliphatic rings. The van der Waals surface area contributed by atoms with Crippen molar-refractivity contribution < 1.29 is 4.74 Å². The minimum atomic E-state index is 0.140. The molecule has 5 nitrogen and oxygen atoms in total. The fourth-order valence-electron chi connectivity index (χ4n) is 1.25. The van der Waals surface area contributed by atoms with Gasteiger partial charge in [-0.25, -0.2) is 0 Å². The van der Waals surface area contributed by atoms with Crippen LogP contribution in [-0.4, -0.2) is 40.6 Å². The first-order chi connectivity index (χ1) is 8.26. The lowest BCUT2D eigenvalue weighted by atomic mass is 10.2. The van der Waals surface area contributed by atoms with E-state index in [0.717, 1.165) is 13.0 Å². The van der Waals surface area contributed by atoms with Crippen molar-refractivity contribution in [2.24, 2.45) is 0 Å². The van der Waals surface area contributed by atoms with Gasteiger partial charge >= 0.3 is 6.01 Å². The van der Waals surface area contributed by atoms with E-state index >= 15 is 0 Å². The molecule has 0 bridgehead atoms. The first kappa shape index (κ1) is 14.3. The molecule has 0 atom stereocenters. The molecule has 1 rings (SSSR count). The maximum absolute atomic E-state index is 5.73. The summed E-state index contributed by atoms with van der Waals surface area (Å²) < 4.78 is 4.91. The van der Waals surface area contributed by atoms with Crippen LogP contribution in [0.5, 0.6) is 6.01 Å². The maximum Gasteiger partial charge on any atom is 0.322 e. The zero-order chi connectivity index (χ0) is 12.5. The molecule has 1 aromatic heterocycles. The first-order valence-corrected chi connectivity index (χ1v) is 7.22. The summed E-state index contributed by atoms with van der Waals surface area (Å²) in [4.78, 5) is 11.8. The number of hydrogen-bond donors (Lipinski definition) is 1. The molecule has 0 fully saturated rings. The summed E-state index contributed by atoms with van der Waals surface area (Å²) in [7, 11) is 1.50. The van der Waals surface area contributed by atoms with Gasteiger partial charge in [0.25, 0.3) is 0 Å². The second-order valence-corrected chi connectivity index (χ2v) is 4.72. The van der Waals surface area contributed by atoms with Crippen molar-refractivity contribution in [1.29, 1.82) is 0 Å². The zero-order valence-electron chi connectivity index (χ0n) is 10.1. The lowest BCUT2D eigenvalue weighted by molar-refractivity contribution is 0.379. The third-order valence-corrected chi connectivity index (χ3v) is 2.94. The number of halogens is 1. The Morgan fingerprint density at radius 1 is 1.24 bits per heavy atom. The molecule has 0 saturated heterocycles. The van der Waals surface area contributed by atoms with Gasteiger partial charge in [-0.05, 0) is 36.5 Å². The molecule has 96 valence electrons. The summed E-state index contributed by atoms with van der Waals surface area (Å²) in [5.74, 6) is 1.68. The van der Waals surface area contributed by atoms with Crippen LogP contribution in [0.25, 0.3) is 0 Å². The van der Waals surface area contributed by atoms with Gasteiger partial charge in [0, 0.05) is 6.54 Å². The summed E-state index contributed by atoms with van der Waals surface area (Å²) in [5.41, 5.74) is 0. The van der Waals surface area contributed by atoms with E-state index in [1.807, 2.05) is 11.8 Å². The molecular formula is C10H17ClN4OS. The topological polar surface area (TPSA) is 59.9 Å². The predicted octanol–water partition coefficient (Wildman–Crippen LogP) is 2.48. The number of ether oxygens (including phenoxy) is 1. The van der Waals surface area contributed by atoms with E-state index in [4.69, 9.17) is 16.3 Å². The predicted molar refractivity (Wildman–Crippen MR) is 72.1 cm³/mol. The van der Waals surface area contributed by atoms with E-state index in [0.29, 0.717) is 5.95 Å². The van der Waals surface area contributed by atoms with Crippen molar-refractivity contribution >= 4 is 29.3 Å². The van der Waals surface area contributed by atoms with E-state index in [-0.39, 0.29) is 11.3 Å². The number of thioether (sulfide) groups is 1. The molecule has 1 heterocycles. The van der Waals surface area contributed by atoms with Crippen LogP contribution in [0.3, 0.4) is 0 Å². The average Bonchev–Trinajstić information content (AvgIpc) is 2.33. The van der Waals surface area contributed by atoms with Gasteiger partial charge in [-0.2, -0.15) is 26.7 Å². The van der Waals surface area contributed by atoms with E-state index in [2.05, 4.69) is 26.5 Å². The fraction of sp³-hybridized carbons (Fsp3) is 0.700. The third-order valence-electron chi connectivity index (χ3n) is 2.08. The van der Waals surface area contributed by atoms with Crippen LogP contribution >= 0.6 is 23.4 Å².